The van der Waals surface area contributed by atoms with Crippen molar-refractivity contribution in [2.24, 2.45) is 11.8 Å². The molecule has 4 unspecified atom stereocenters. The van der Waals surface area contributed by atoms with Gasteiger partial charge in [-0.15, -0.1) is 11.8 Å². The molecule has 0 saturated carbocycles. The van der Waals surface area contributed by atoms with Crippen molar-refractivity contribution >= 4 is 11.8 Å². The van der Waals surface area contributed by atoms with Gasteiger partial charge in [-0.3, -0.25) is 10.1 Å². The molecule has 0 amide bonds. The molecule has 1 aliphatic rings. The topological polar surface area (TPSA) is 63.4 Å². The van der Waals surface area contributed by atoms with Gasteiger partial charge in [-0.05, 0) is 18.3 Å². The minimum Gasteiger partial charge on any atom is -0.385 e. The van der Waals surface area contributed by atoms with Crippen LogP contribution in [0.2, 0.25) is 0 Å². The predicted octanol–water partition coefficient (Wildman–Crippen LogP) is 1.79. The Morgan fingerprint density at radius 1 is 1.53 bits per heavy atom. The fraction of sp³-hybridized carbons (Fsp3) is 1.00. The van der Waals surface area contributed by atoms with Crippen molar-refractivity contribution < 1.29 is 10.0 Å². The van der Waals surface area contributed by atoms with Crippen LogP contribution in [0, 0.1) is 22.0 Å². The van der Waals surface area contributed by atoms with Crippen molar-refractivity contribution in [2.75, 3.05) is 5.75 Å². The van der Waals surface area contributed by atoms with Crippen LogP contribution in [0.5, 0.6) is 0 Å². The Hall–Kier alpha value is -0.290. The Morgan fingerprint density at radius 3 is 2.60 bits per heavy atom. The molecule has 4 nitrogen and oxygen atoms in total. The first-order valence-corrected chi connectivity index (χ1v) is 6.41. The fourth-order valence-corrected chi connectivity index (χ4v) is 3.80. The number of nitro groups is 1. The molecule has 4 atom stereocenters. The lowest BCUT2D eigenvalue weighted by Gasteiger charge is -2.22. The van der Waals surface area contributed by atoms with Crippen molar-refractivity contribution in [3.05, 3.63) is 10.1 Å². The molecule has 1 heterocycles. The summed E-state index contributed by atoms with van der Waals surface area (Å²) in [4.78, 5) is 10.5. The number of hydrogen-bond acceptors (Lipinski definition) is 4. The third kappa shape index (κ3) is 3.08. The van der Waals surface area contributed by atoms with E-state index in [0.717, 1.165) is 6.42 Å². The Morgan fingerprint density at radius 2 is 2.13 bits per heavy atom. The lowest BCUT2D eigenvalue weighted by atomic mass is 9.91. The fourth-order valence-electron chi connectivity index (χ4n) is 2.26. The summed E-state index contributed by atoms with van der Waals surface area (Å²) in [6.07, 6.45) is 0.207. The monoisotopic (exact) mass is 233 g/mol. The molecule has 1 aliphatic heterocycles. The maximum atomic E-state index is 10.8. The molecule has 0 bridgehead atoms. The summed E-state index contributed by atoms with van der Waals surface area (Å²) in [5.41, 5.74) is 0. The second-order valence-electron chi connectivity index (χ2n) is 4.75. The zero-order chi connectivity index (χ0) is 11.6. The predicted molar refractivity (Wildman–Crippen MR) is 61.7 cm³/mol. The summed E-state index contributed by atoms with van der Waals surface area (Å²) in [6, 6.07) is -0.774. The van der Waals surface area contributed by atoms with Crippen LogP contribution in [0.15, 0.2) is 0 Å². The summed E-state index contributed by atoms with van der Waals surface area (Å²) in [6.45, 7) is 6.29. The number of thioether (sulfide) groups is 1. The Bertz CT molecular complexity index is 235. The molecular formula is C10H19NO3S. The third-order valence-electron chi connectivity index (χ3n) is 2.84. The van der Waals surface area contributed by atoms with E-state index in [-0.39, 0.29) is 10.2 Å². The quantitative estimate of drug-likeness (QED) is 0.594. The lowest BCUT2D eigenvalue weighted by molar-refractivity contribution is -0.532. The average Bonchev–Trinajstić information content (AvgIpc) is 2.45. The van der Waals surface area contributed by atoms with Crippen LogP contribution in [0.1, 0.15) is 27.2 Å². The Labute approximate surface area is 94.6 Å². The van der Waals surface area contributed by atoms with Gasteiger partial charge in [0.2, 0.25) is 0 Å². The minimum atomic E-state index is -0.774. The highest BCUT2D eigenvalue weighted by molar-refractivity contribution is 8.00. The van der Waals surface area contributed by atoms with E-state index in [1.54, 1.807) is 11.8 Å². The van der Waals surface area contributed by atoms with E-state index in [2.05, 4.69) is 13.8 Å². The van der Waals surface area contributed by atoms with E-state index in [4.69, 9.17) is 0 Å². The van der Waals surface area contributed by atoms with Crippen LogP contribution < -0.4 is 0 Å². The molecule has 0 radical (unpaired) electrons. The second kappa shape index (κ2) is 5.16. The molecule has 1 saturated heterocycles. The van der Waals surface area contributed by atoms with Gasteiger partial charge in [0, 0.05) is 10.7 Å². The van der Waals surface area contributed by atoms with Crippen LogP contribution >= 0.6 is 11.8 Å². The number of rotatable bonds is 4. The summed E-state index contributed by atoms with van der Waals surface area (Å²) in [7, 11) is 0. The molecule has 88 valence electrons. The maximum Gasteiger partial charge on any atom is 0.251 e. The van der Waals surface area contributed by atoms with Crippen molar-refractivity contribution in [2.45, 2.75) is 44.6 Å². The first kappa shape index (κ1) is 12.8. The first-order chi connectivity index (χ1) is 6.93. The highest BCUT2D eigenvalue weighted by Crippen LogP contribution is 2.36. The van der Waals surface area contributed by atoms with Crippen molar-refractivity contribution in [3.63, 3.8) is 0 Å². The second-order valence-corrected chi connectivity index (χ2v) is 5.96. The van der Waals surface area contributed by atoms with E-state index in [0.29, 0.717) is 17.6 Å². The van der Waals surface area contributed by atoms with Gasteiger partial charge < -0.3 is 5.11 Å². The van der Waals surface area contributed by atoms with E-state index in [1.165, 1.54) is 0 Å². The highest BCUT2D eigenvalue weighted by atomic mass is 32.2. The molecule has 0 spiro atoms. The molecule has 0 aromatic heterocycles. The number of nitrogens with zero attached hydrogens (tertiary/aromatic N) is 1. The van der Waals surface area contributed by atoms with Crippen LogP contribution in [-0.4, -0.2) is 33.2 Å². The minimum absolute atomic E-state index is 0.0302. The maximum absolute atomic E-state index is 10.8. The molecule has 0 aliphatic carbocycles. The molecule has 0 aromatic rings. The van der Waals surface area contributed by atoms with Crippen molar-refractivity contribution in [1.82, 2.24) is 0 Å². The molecule has 0 aromatic carbocycles. The summed E-state index contributed by atoms with van der Waals surface area (Å²) in [5, 5.41) is 20.4. The zero-order valence-electron chi connectivity index (χ0n) is 9.42. The van der Waals surface area contributed by atoms with Gasteiger partial charge >= 0.3 is 0 Å². The lowest BCUT2D eigenvalue weighted by Crippen LogP contribution is -2.40. The SMILES string of the molecule is CC(C)CC(C)C1SCC(O)C1[N+](=O)[O-]. The summed E-state index contributed by atoms with van der Waals surface area (Å²) >= 11 is 1.55. The van der Waals surface area contributed by atoms with Crippen LogP contribution in [-0.2, 0) is 0 Å². The number of hydrogen-bond donors (Lipinski definition) is 1. The van der Waals surface area contributed by atoms with Crippen LogP contribution in [0.3, 0.4) is 0 Å². The van der Waals surface area contributed by atoms with Gasteiger partial charge in [0.25, 0.3) is 6.04 Å². The van der Waals surface area contributed by atoms with Gasteiger partial charge in [-0.1, -0.05) is 20.8 Å². The highest BCUT2D eigenvalue weighted by Gasteiger charge is 2.47. The Balaban J connectivity index is 2.64. The standard InChI is InChI=1S/C10H19NO3S/c1-6(2)4-7(3)10-9(11(13)14)8(12)5-15-10/h6-10,12H,4-5H2,1-3H3. The number of aliphatic hydroxyl groups excluding tert-OH is 1. The van der Waals surface area contributed by atoms with Gasteiger partial charge in [0.15, 0.2) is 0 Å². The third-order valence-corrected chi connectivity index (χ3v) is 4.50. The van der Waals surface area contributed by atoms with E-state index in [1.807, 2.05) is 6.92 Å². The van der Waals surface area contributed by atoms with Crippen molar-refractivity contribution in [1.29, 1.82) is 0 Å². The molecule has 1 fully saturated rings. The van der Waals surface area contributed by atoms with Crippen molar-refractivity contribution in [3.8, 4) is 0 Å². The van der Waals surface area contributed by atoms with Gasteiger partial charge in [0.1, 0.15) is 6.10 Å². The van der Waals surface area contributed by atoms with Gasteiger partial charge in [-0.25, -0.2) is 0 Å². The van der Waals surface area contributed by atoms with Gasteiger partial charge in [0.05, 0.1) is 5.25 Å². The molecule has 5 heteroatoms. The summed E-state index contributed by atoms with van der Waals surface area (Å²) in [5.74, 6) is 1.34. The normalized spacial score (nSPS) is 33.3. The van der Waals surface area contributed by atoms with E-state index in [9.17, 15) is 15.2 Å². The Kier molecular flexibility index (Phi) is 4.40. The molecule has 1 rings (SSSR count). The van der Waals surface area contributed by atoms with Gasteiger partial charge in [-0.2, -0.15) is 0 Å². The largest absolute Gasteiger partial charge is 0.385 e. The number of aliphatic hydroxyl groups is 1. The molecule has 1 N–H and O–H groups in total. The molecule has 15 heavy (non-hydrogen) atoms. The van der Waals surface area contributed by atoms with Crippen LogP contribution in [0.25, 0.3) is 0 Å². The summed E-state index contributed by atoms with van der Waals surface area (Å²) < 4.78 is 0. The first-order valence-electron chi connectivity index (χ1n) is 5.36. The molecular weight excluding hydrogens is 214 g/mol. The smallest absolute Gasteiger partial charge is 0.251 e. The van der Waals surface area contributed by atoms with E-state index < -0.39 is 12.1 Å². The van der Waals surface area contributed by atoms with E-state index >= 15 is 0 Å². The van der Waals surface area contributed by atoms with Crippen LogP contribution in [0.4, 0.5) is 0 Å². The average molecular weight is 233 g/mol. The zero-order valence-corrected chi connectivity index (χ0v) is 10.2.